The smallest absolute Gasteiger partial charge is 0.0471 e. The number of hydrogen-bond donors (Lipinski definition) is 2. The van der Waals surface area contributed by atoms with Crippen molar-refractivity contribution in [3.8, 4) is 0 Å². The van der Waals surface area contributed by atoms with E-state index in [1.807, 2.05) is 11.8 Å². The predicted octanol–water partition coefficient (Wildman–Crippen LogP) is 3.25. The van der Waals surface area contributed by atoms with Crippen LogP contribution in [0.15, 0.2) is 29.2 Å². The first-order chi connectivity index (χ1) is 8.71. The number of benzene rings is 1. The normalized spacial score (nSPS) is 14.4. The molecule has 0 radical (unpaired) electrons. The molecule has 18 heavy (non-hydrogen) atoms. The number of rotatable bonds is 8. The van der Waals surface area contributed by atoms with Gasteiger partial charge >= 0.3 is 0 Å². The van der Waals surface area contributed by atoms with E-state index in [2.05, 4.69) is 38.1 Å². The first-order valence-corrected chi connectivity index (χ1v) is 7.73. The van der Waals surface area contributed by atoms with E-state index >= 15 is 0 Å². The lowest BCUT2D eigenvalue weighted by Crippen LogP contribution is -2.20. The van der Waals surface area contributed by atoms with Gasteiger partial charge in [-0.2, -0.15) is 0 Å². The van der Waals surface area contributed by atoms with E-state index in [0.29, 0.717) is 12.5 Å². The topological polar surface area (TPSA) is 46.2 Å². The molecule has 0 aromatic heterocycles. The Morgan fingerprint density at radius 2 is 1.94 bits per heavy atom. The number of thioether (sulfide) groups is 1. The molecule has 0 saturated carbocycles. The molecule has 102 valence electrons. The molecule has 0 aliphatic rings. The highest BCUT2D eigenvalue weighted by Crippen LogP contribution is 2.26. The van der Waals surface area contributed by atoms with Gasteiger partial charge in [0.2, 0.25) is 0 Å². The van der Waals surface area contributed by atoms with Crippen molar-refractivity contribution in [2.45, 2.75) is 37.5 Å². The van der Waals surface area contributed by atoms with Crippen molar-refractivity contribution < 1.29 is 5.11 Å². The molecule has 0 saturated heterocycles. The van der Waals surface area contributed by atoms with Gasteiger partial charge in [-0.3, -0.25) is 0 Å². The number of aliphatic hydroxyl groups is 1. The molecule has 1 rings (SSSR count). The monoisotopic (exact) mass is 267 g/mol. The van der Waals surface area contributed by atoms with E-state index in [1.165, 1.54) is 22.6 Å². The molecule has 0 heterocycles. The van der Waals surface area contributed by atoms with E-state index in [0.717, 1.165) is 6.42 Å². The Balaban J connectivity index is 2.55. The molecule has 3 N–H and O–H groups in total. The molecule has 0 spiro atoms. The lowest BCUT2D eigenvalue weighted by Gasteiger charge is -2.18. The average molecular weight is 267 g/mol. The standard InChI is InChI=1S/C15H25NOS/c1-3-8-18-15-6-4-14(5-7-15)12(2)9-13(10-16)11-17/h4-7,12-13,17H,3,8-11,16H2,1-2H3. The zero-order chi connectivity index (χ0) is 13.4. The van der Waals surface area contributed by atoms with Gasteiger partial charge in [0.05, 0.1) is 0 Å². The lowest BCUT2D eigenvalue weighted by molar-refractivity contribution is 0.217. The summed E-state index contributed by atoms with van der Waals surface area (Å²) in [7, 11) is 0. The van der Waals surface area contributed by atoms with Crippen molar-refractivity contribution in [2.24, 2.45) is 11.7 Å². The molecular weight excluding hydrogens is 242 g/mol. The third kappa shape index (κ3) is 5.01. The number of nitrogens with two attached hydrogens (primary N) is 1. The van der Waals surface area contributed by atoms with E-state index in [4.69, 9.17) is 5.73 Å². The average Bonchev–Trinajstić information content (AvgIpc) is 2.42. The van der Waals surface area contributed by atoms with Crippen molar-refractivity contribution in [3.63, 3.8) is 0 Å². The Labute approximate surface area is 115 Å². The molecule has 0 fully saturated rings. The van der Waals surface area contributed by atoms with Crippen molar-refractivity contribution >= 4 is 11.8 Å². The van der Waals surface area contributed by atoms with Crippen LogP contribution >= 0.6 is 11.8 Å². The summed E-state index contributed by atoms with van der Waals surface area (Å²) in [6.45, 7) is 5.15. The Morgan fingerprint density at radius 1 is 1.28 bits per heavy atom. The summed E-state index contributed by atoms with van der Waals surface area (Å²) < 4.78 is 0. The van der Waals surface area contributed by atoms with Gasteiger partial charge in [0.1, 0.15) is 0 Å². The Bertz CT molecular complexity index is 322. The highest BCUT2D eigenvalue weighted by Gasteiger charge is 2.12. The molecule has 2 nitrogen and oxygen atoms in total. The Morgan fingerprint density at radius 3 is 2.44 bits per heavy atom. The molecule has 2 unspecified atom stereocenters. The SMILES string of the molecule is CCCSc1ccc(C(C)CC(CN)CO)cc1. The van der Waals surface area contributed by atoms with Gasteiger partial charge in [0, 0.05) is 11.5 Å². The zero-order valence-corrected chi connectivity index (χ0v) is 12.2. The van der Waals surface area contributed by atoms with Crippen LogP contribution < -0.4 is 5.73 Å². The summed E-state index contributed by atoms with van der Waals surface area (Å²) in [6.07, 6.45) is 2.16. The van der Waals surface area contributed by atoms with Gasteiger partial charge in [0.25, 0.3) is 0 Å². The maximum atomic E-state index is 9.18. The molecule has 1 aromatic rings. The van der Waals surface area contributed by atoms with Crippen LogP contribution in [0.3, 0.4) is 0 Å². The van der Waals surface area contributed by atoms with Gasteiger partial charge in [-0.15, -0.1) is 11.8 Å². The van der Waals surface area contributed by atoms with Crippen LogP contribution in [0, 0.1) is 5.92 Å². The summed E-state index contributed by atoms with van der Waals surface area (Å²) >= 11 is 1.90. The molecule has 0 aliphatic heterocycles. The molecule has 0 aliphatic carbocycles. The molecule has 2 atom stereocenters. The number of aliphatic hydroxyl groups excluding tert-OH is 1. The summed E-state index contributed by atoms with van der Waals surface area (Å²) in [4.78, 5) is 1.34. The van der Waals surface area contributed by atoms with Crippen molar-refractivity contribution in [2.75, 3.05) is 18.9 Å². The van der Waals surface area contributed by atoms with Gasteiger partial charge in [-0.05, 0) is 54.7 Å². The largest absolute Gasteiger partial charge is 0.396 e. The first-order valence-electron chi connectivity index (χ1n) is 6.74. The first kappa shape index (κ1) is 15.5. The fourth-order valence-corrected chi connectivity index (χ4v) is 2.76. The van der Waals surface area contributed by atoms with Crippen molar-refractivity contribution in [1.82, 2.24) is 0 Å². The highest BCUT2D eigenvalue weighted by molar-refractivity contribution is 7.99. The minimum atomic E-state index is 0.186. The van der Waals surface area contributed by atoms with Crippen LogP contribution in [0.1, 0.15) is 38.2 Å². The quantitative estimate of drug-likeness (QED) is 0.711. The third-order valence-corrected chi connectivity index (χ3v) is 4.42. The van der Waals surface area contributed by atoms with E-state index in [1.54, 1.807) is 0 Å². The summed E-state index contributed by atoms with van der Waals surface area (Å²) in [5.41, 5.74) is 6.96. The van der Waals surface area contributed by atoms with Crippen LogP contribution in [-0.2, 0) is 0 Å². The van der Waals surface area contributed by atoms with Gasteiger partial charge in [-0.1, -0.05) is 26.0 Å². The van der Waals surface area contributed by atoms with E-state index in [9.17, 15) is 5.11 Å². The van der Waals surface area contributed by atoms with Gasteiger partial charge in [-0.25, -0.2) is 0 Å². The van der Waals surface area contributed by atoms with E-state index in [-0.39, 0.29) is 12.5 Å². The van der Waals surface area contributed by atoms with E-state index < -0.39 is 0 Å². The van der Waals surface area contributed by atoms with Gasteiger partial charge in [0.15, 0.2) is 0 Å². The fraction of sp³-hybridized carbons (Fsp3) is 0.600. The summed E-state index contributed by atoms with van der Waals surface area (Å²) in [5, 5.41) is 9.18. The lowest BCUT2D eigenvalue weighted by atomic mass is 9.91. The second-order valence-electron chi connectivity index (χ2n) is 4.84. The summed E-state index contributed by atoms with van der Waals surface area (Å²) in [5.74, 6) is 1.85. The predicted molar refractivity (Wildman–Crippen MR) is 80.1 cm³/mol. The molecule has 0 bridgehead atoms. The number of hydrogen-bond acceptors (Lipinski definition) is 3. The van der Waals surface area contributed by atoms with Crippen LogP contribution in [0.2, 0.25) is 0 Å². The van der Waals surface area contributed by atoms with Crippen molar-refractivity contribution in [3.05, 3.63) is 29.8 Å². The van der Waals surface area contributed by atoms with Crippen LogP contribution in [0.5, 0.6) is 0 Å². The zero-order valence-electron chi connectivity index (χ0n) is 11.4. The molecular formula is C15H25NOS. The fourth-order valence-electron chi connectivity index (χ4n) is 1.99. The second kappa shape index (κ2) is 8.57. The van der Waals surface area contributed by atoms with Crippen molar-refractivity contribution in [1.29, 1.82) is 0 Å². The molecule has 1 aromatic carbocycles. The van der Waals surface area contributed by atoms with Crippen LogP contribution in [0.4, 0.5) is 0 Å². The van der Waals surface area contributed by atoms with Crippen LogP contribution in [0.25, 0.3) is 0 Å². The Kier molecular flexibility index (Phi) is 7.40. The van der Waals surface area contributed by atoms with Gasteiger partial charge < -0.3 is 10.8 Å². The maximum Gasteiger partial charge on any atom is 0.0471 e. The Hall–Kier alpha value is -0.510. The highest BCUT2D eigenvalue weighted by atomic mass is 32.2. The van der Waals surface area contributed by atoms with Crippen LogP contribution in [-0.4, -0.2) is 24.0 Å². The maximum absolute atomic E-state index is 9.18. The minimum absolute atomic E-state index is 0.186. The molecule has 3 heteroatoms. The second-order valence-corrected chi connectivity index (χ2v) is 6.01. The third-order valence-electron chi connectivity index (χ3n) is 3.20. The molecule has 0 amide bonds. The summed E-state index contributed by atoms with van der Waals surface area (Å²) in [6, 6.07) is 8.80. The minimum Gasteiger partial charge on any atom is -0.396 e.